The quantitative estimate of drug-likeness (QED) is 0.868. The van der Waals surface area contributed by atoms with E-state index in [4.69, 9.17) is 18.0 Å². The number of thiocarbonyl (C=S) groups is 1. The molecule has 1 aliphatic carbocycles. The Balaban J connectivity index is 2.11. The van der Waals surface area contributed by atoms with Crippen LogP contribution in [0.1, 0.15) is 31.2 Å². The molecule has 1 amide bonds. The summed E-state index contributed by atoms with van der Waals surface area (Å²) in [4.78, 5) is 14.6. The summed E-state index contributed by atoms with van der Waals surface area (Å²) >= 11 is 5.13. The Bertz CT molecular complexity index is 509. The summed E-state index contributed by atoms with van der Waals surface area (Å²) in [6.07, 6.45) is 3.42. The first-order valence-corrected chi connectivity index (χ1v) is 7.16. The monoisotopic (exact) mass is 294 g/mol. The molecule has 1 aromatic carbocycles. The molecule has 0 radical (unpaired) electrons. The molecule has 0 saturated heterocycles. The van der Waals surface area contributed by atoms with Crippen molar-refractivity contribution in [3.8, 4) is 0 Å². The molecule has 20 heavy (non-hydrogen) atoms. The lowest BCUT2D eigenvalue weighted by molar-refractivity contribution is -0.137. The van der Waals surface area contributed by atoms with Gasteiger partial charge in [-0.25, -0.2) is 4.39 Å². The van der Waals surface area contributed by atoms with Gasteiger partial charge in [-0.2, -0.15) is 0 Å². The topological polar surface area (TPSA) is 46.3 Å². The zero-order valence-electron chi connectivity index (χ0n) is 11.6. The molecule has 2 N–H and O–H groups in total. The molecular formula is C15H19FN2OS. The van der Waals surface area contributed by atoms with Crippen molar-refractivity contribution in [3.63, 3.8) is 0 Å². The summed E-state index contributed by atoms with van der Waals surface area (Å²) in [5.41, 5.74) is 6.03. The molecule has 0 aliphatic heterocycles. The Morgan fingerprint density at radius 1 is 1.35 bits per heavy atom. The maximum Gasteiger partial charge on any atom is 0.235 e. The van der Waals surface area contributed by atoms with Crippen LogP contribution >= 0.6 is 12.2 Å². The number of carbonyl (C=O) groups excluding carboxylic acids is 1. The lowest BCUT2D eigenvalue weighted by atomic mass is 9.84. The van der Waals surface area contributed by atoms with Gasteiger partial charge >= 0.3 is 0 Å². The van der Waals surface area contributed by atoms with Gasteiger partial charge in [0.05, 0.1) is 10.4 Å². The lowest BCUT2D eigenvalue weighted by Crippen LogP contribution is -2.47. The summed E-state index contributed by atoms with van der Waals surface area (Å²) in [5, 5.41) is 0. The minimum Gasteiger partial charge on any atom is -0.392 e. The van der Waals surface area contributed by atoms with Crippen molar-refractivity contribution in [1.29, 1.82) is 0 Å². The first-order chi connectivity index (χ1) is 9.45. The van der Waals surface area contributed by atoms with Gasteiger partial charge in [0.1, 0.15) is 5.82 Å². The van der Waals surface area contributed by atoms with E-state index in [-0.39, 0.29) is 11.7 Å². The molecule has 2 rings (SSSR count). The molecule has 3 nitrogen and oxygen atoms in total. The van der Waals surface area contributed by atoms with Crippen LogP contribution in [0.4, 0.5) is 4.39 Å². The number of nitrogens with two attached hydrogens (primary N) is 1. The molecule has 1 fully saturated rings. The van der Waals surface area contributed by atoms with Crippen molar-refractivity contribution < 1.29 is 9.18 Å². The minimum atomic E-state index is -0.676. The van der Waals surface area contributed by atoms with E-state index in [1.54, 1.807) is 24.1 Å². The van der Waals surface area contributed by atoms with Crippen molar-refractivity contribution in [2.45, 2.75) is 32.2 Å². The minimum absolute atomic E-state index is 0.0215. The Morgan fingerprint density at radius 3 is 2.40 bits per heavy atom. The average molecular weight is 294 g/mol. The van der Waals surface area contributed by atoms with Gasteiger partial charge in [0.25, 0.3) is 0 Å². The molecule has 0 bridgehead atoms. The summed E-state index contributed by atoms with van der Waals surface area (Å²) in [7, 11) is 1.74. The van der Waals surface area contributed by atoms with Gasteiger partial charge in [-0.05, 0) is 30.5 Å². The van der Waals surface area contributed by atoms with Crippen LogP contribution in [0.5, 0.6) is 0 Å². The zero-order chi connectivity index (χ0) is 14.8. The summed E-state index contributed by atoms with van der Waals surface area (Å²) in [6.45, 7) is 0.434. The number of nitrogens with zero attached hydrogens (tertiary/aromatic N) is 1. The molecule has 0 aromatic heterocycles. The van der Waals surface area contributed by atoms with Crippen LogP contribution in [0.15, 0.2) is 24.3 Å². The first-order valence-electron chi connectivity index (χ1n) is 6.75. The Hall–Kier alpha value is -1.49. The van der Waals surface area contributed by atoms with Gasteiger partial charge < -0.3 is 10.6 Å². The van der Waals surface area contributed by atoms with Crippen molar-refractivity contribution in [3.05, 3.63) is 35.6 Å². The van der Waals surface area contributed by atoms with E-state index < -0.39 is 5.41 Å². The normalized spacial score (nSPS) is 16.9. The van der Waals surface area contributed by atoms with Crippen LogP contribution in [-0.2, 0) is 11.3 Å². The largest absolute Gasteiger partial charge is 0.392 e. The van der Waals surface area contributed by atoms with E-state index in [1.807, 2.05) is 0 Å². The van der Waals surface area contributed by atoms with Crippen LogP contribution in [0.3, 0.4) is 0 Å². The number of carbonyl (C=O) groups is 1. The molecule has 0 atom stereocenters. The zero-order valence-corrected chi connectivity index (χ0v) is 12.4. The smallest absolute Gasteiger partial charge is 0.235 e. The maximum absolute atomic E-state index is 12.9. The fraction of sp³-hybridized carbons (Fsp3) is 0.467. The maximum atomic E-state index is 12.9. The molecule has 108 valence electrons. The van der Waals surface area contributed by atoms with Gasteiger partial charge in [0.2, 0.25) is 5.91 Å². The van der Waals surface area contributed by atoms with Crippen LogP contribution < -0.4 is 5.73 Å². The molecule has 1 saturated carbocycles. The molecule has 5 heteroatoms. The highest BCUT2D eigenvalue weighted by Gasteiger charge is 2.45. The number of hydrogen-bond acceptors (Lipinski definition) is 2. The summed E-state index contributed by atoms with van der Waals surface area (Å²) in [6, 6.07) is 6.15. The predicted octanol–water partition coefficient (Wildman–Crippen LogP) is 2.63. The molecule has 1 aromatic rings. The third-order valence-electron chi connectivity index (χ3n) is 4.02. The number of benzene rings is 1. The van der Waals surface area contributed by atoms with Crippen LogP contribution in [0, 0.1) is 11.2 Å². The number of hydrogen-bond donors (Lipinski definition) is 1. The summed E-state index contributed by atoms with van der Waals surface area (Å²) < 4.78 is 12.9. The van der Waals surface area contributed by atoms with Crippen molar-refractivity contribution in [1.82, 2.24) is 4.90 Å². The van der Waals surface area contributed by atoms with E-state index in [2.05, 4.69) is 0 Å². The molecule has 0 unspecified atom stereocenters. The molecule has 0 heterocycles. The van der Waals surface area contributed by atoms with Crippen molar-refractivity contribution >= 4 is 23.1 Å². The van der Waals surface area contributed by atoms with Gasteiger partial charge in [0, 0.05) is 13.6 Å². The third kappa shape index (κ3) is 2.82. The van der Waals surface area contributed by atoms with Gasteiger partial charge in [-0.3, -0.25) is 4.79 Å². The standard InChI is InChI=1S/C15H19FN2OS/c1-18(10-11-4-6-12(16)7-5-11)14(19)15(13(17)20)8-2-3-9-15/h4-7H,2-3,8-10H2,1H3,(H2,17,20). The van der Waals surface area contributed by atoms with Crippen LogP contribution in [0.2, 0.25) is 0 Å². The number of halogens is 1. The van der Waals surface area contributed by atoms with E-state index in [9.17, 15) is 9.18 Å². The second kappa shape index (κ2) is 5.87. The highest BCUT2D eigenvalue weighted by molar-refractivity contribution is 7.80. The fourth-order valence-electron chi connectivity index (χ4n) is 2.85. The number of amides is 1. The highest BCUT2D eigenvalue weighted by atomic mass is 32.1. The molecule has 0 spiro atoms. The van der Waals surface area contributed by atoms with E-state index in [0.717, 1.165) is 31.2 Å². The average Bonchev–Trinajstić information content (AvgIpc) is 2.91. The van der Waals surface area contributed by atoms with Gasteiger partial charge in [-0.15, -0.1) is 0 Å². The van der Waals surface area contributed by atoms with Crippen molar-refractivity contribution in [2.75, 3.05) is 7.05 Å². The van der Waals surface area contributed by atoms with E-state index in [1.165, 1.54) is 12.1 Å². The SMILES string of the molecule is CN(Cc1ccc(F)cc1)C(=O)C1(C(N)=S)CCCC1. The van der Waals surface area contributed by atoms with Crippen molar-refractivity contribution in [2.24, 2.45) is 11.1 Å². The summed E-state index contributed by atoms with van der Waals surface area (Å²) in [5.74, 6) is -0.301. The van der Waals surface area contributed by atoms with Gasteiger partial charge in [0.15, 0.2) is 0 Å². The molecular weight excluding hydrogens is 275 g/mol. The predicted molar refractivity (Wildman–Crippen MR) is 80.6 cm³/mol. The Morgan fingerprint density at radius 2 is 1.90 bits per heavy atom. The second-order valence-electron chi connectivity index (χ2n) is 5.44. The first kappa shape index (κ1) is 14.9. The van der Waals surface area contributed by atoms with Gasteiger partial charge in [-0.1, -0.05) is 37.2 Å². The fourth-order valence-corrected chi connectivity index (χ4v) is 3.14. The van der Waals surface area contributed by atoms with Crippen LogP contribution in [-0.4, -0.2) is 22.8 Å². The highest BCUT2D eigenvalue weighted by Crippen LogP contribution is 2.40. The Labute approximate surface area is 123 Å². The third-order valence-corrected chi connectivity index (χ3v) is 4.41. The Kier molecular flexibility index (Phi) is 4.38. The number of rotatable bonds is 4. The van der Waals surface area contributed by atoms with E-state index >= 15 is 0 Å². The van der Waals surface area contributed by atoms with E-state index in [0.29, 0.717) is 11.5 Å². The second-order valence-corrected chi connectivity index (χ2v) is 5.88. The lowest BCUT2D eigenvalue weighted by Gasteiger charge is -2.31. The molecule has 1 aliphatic rings. The van der Waals surface area contributed by atoms with Crippen LogP contribution in [0.25, 0.3) is 0 Å².